The van der Waals surface area contributed by atoms with Gasteiger partial charge in [0.25, 0.3) is 0 Å². The predicted molar refractivity (Wildman–Crippen MR) is 96.7 cm³/mol. The van der Waals surface area contributed by atoms with Crippen LogP contribution < -0.4 is 4.74 Å². The third kappa shape index (κ3) is 11.6. The van der Waals surface area contributed by atoms with Gasteiger partial charge in [0.15, 0.2) is 0 Å². The van der Waals surface area contributed by atoms with Gasteiger partial charge < -0.3 is 9.84 Å². The van der Waals surface area contributed by atoms with Crippen LogP contribution in [0.1, 0.15) is 77.2 Å². The number of ether oxygens (including phenoxy) is 1. The highest BCUT2D eigenvalue weighted by Gasteiger charge is 1.95. The second kappa shape index (κ2) is 16.4. The van der Waals surface area contributed by atoms with Crippen LogP contribution in [-0.4, -0.2) is 18.8 Å². The summed E-state index contributed by atoms with van der Waals surface area (Å²) in [6.07, 6.45) is 13.4. The Kier molecular flexibility index (Phi) is 15.6. The molecule has 0 unspecified atom stereocenters. The molecule has 0 aliphatic heterocycles. The molecule has 0 radical (unpaired) electrons. The molecule has 0 spiro atoms. The molecule has 0 aromatic heterocycles. The fraction of sp³-hybridized carbons (Fsp3) is 0.700. The molecule has 1 aromatic carbocycles. The summed E-state index contributed by atoms with van der Waals surface area (Å²) in [7, 11) is 1.00. The lowest BCUT2D eigenvalue weighted by Crippen LogP contribution is -1.97. The Hall–Kier alpha value is -1.02. The maximum absolute atomic E-state index is 7.00. The molecular formula is C20H36O2. The molecule has 0 aliphatic carbocycles. The van der Waals surface area contributed by atoms with Gasteiger partial charge in [-0.15, -0.1) is 0 Å². The van der Waals surface area contributed by atoms with Crippen molar-refractivity contribution < 1.29 is 9.84 Å². The molecule has 128 valence electrons. The van der Waals surface area contributed by atoms with Gasteiger partial charge in [0, 0.05) is 7.11 Å². The van der Waals surface area contributed by atoms with Crippen molar-refractivity contribution in [3.63, 3.8) is 0 Å². The second-order valence-electron chi connectivity index (χ2n) is 5.67. The zero-order chi connectivity index (χ0) is 16.5. The lowest BCUT2D eigenvalue weighted by atomic mass is 10.1. The maximum Gasteiger partial charge on any atom is 0.119 e. The molecule has 0 heterocycles. The van der Waals surface area contributed by atoms with Gasteiger partial charge in [-0.25, -0.2) is 0 Å². The van der Waals surface area contributed by atoms with Gasteiger partial charge in [-0.2, -0.15) is 0 Å². The van der Waals surface area contributed by atoms with E-state index >= 15 is 0 Å². The Morgan fingerprint density at radius 3 is 1.73 bits per heavy atom. The summed E-state index contributed by atoms with van der Waals surface area (Å²) in [4.78, 5) is 0. The number of unbranched alkanes of at least 4 members (excludes halogenated alkanes) is 8. The van der Waals surface area contributed by atoms with Crippen molar-refractivity contribution in [3.8, 4) is 5.75 Å². The molecule has 2 nitrogen and oxygen atoms in total. The van der Waals surface area contributed by atoms with Crippen LogP contribution in [0.5, 0.6) is 5.75 Å². The lowest BCUT2D eigenvalue weighted by molar-refractivity contribution is 0.304. The van der Waals surface area contributed by atoms with E-state index in [4.69, 9.17) is 9.84 Å². The number of aliphatic hydroxyl groups is 1. The number of hydrogen-bond donors (Lipinski definition) is 1. The smallest absolute Gasteiger partial charge is 0.119 e. The average molecular weight is 309 g/mol. The van der Waals surface area contributed by atoms with Gasteiger partial charge in [-0.05, 0) is 30.5 Å². The van der Waals surface area contributed by atoms with Gasteiger partial charge >= 0.3 is 0 Å². The quantitative estimate of drug-likeness (QED) is 0.497. The van der Waals surface area contributed by atoms with E-state index < -0.39 is 0 Å². The second-order valence-corrected chi connectivity index (χ2v) is 5.67. The van der Waals surface area contributed by atoms with Crippen molar-refractivity contribution in [2.75, 3.05) is 13.7 Å². The van der Waals surface area contributed by atoms with E-state index in [-0.39, 0.29) is 0 Å². The molecule has 0 saturated heterocycles. The third-order valence-electron chi connectivity index (χ3n) is 3.85. The highest BCUT2D eigenvalue weighted by Crippen LogP contribution is 2.14. The van der Waals surface area contributed by atoms with Crippen LogP contribution in [0.3, 0.4) is 0 Å². The highest BCUT2D eigenvalue weighted by molar-refractivity contribution is 5.27. The number of hydrogen-bond acceptors (Lipinski definition) is 2. The standard InChI is InChI=1S/C19H32O.CH4O/c1-3-5-6-7-8-9-10-11-12-17-20-19-15-13-18(4-2)14-16-19;1-2/h13-16H,3-12,17H2,1-2H3;2H,1H3. The zero-order valence-electron chi connectivity index (χ0n) is 14.9. The number of aryl methyl sites for hydroxylation is 1. The molecule has 22 heavy (non-hydrogen) atoms. The first-order valence-electron chi connectivity index (χ1n) is 9.03. The molecular weight excluding hydrogens is 272 g/mol. The van der Waals surface area contributed by atoms with E-state index in [0.29, 0.717) is 0 Å². The van der Waals surface area contributed by atoms with E-state index in [1.807, 2.05) is 0 Å². The van der Waals surface area contributed by atoms with E-state index in [1.54, 1.807) is 0 Å². The molecule has 0 saturated carbocycles. The summed E-state index contributed by atoms with van der Waals surface area (Å²) >= 11 is 0. The molecule has 0 bridgehead atoms. The summed E-state index contributed by atoms with van der Waals surface area (Å²) in [6.45, 7) is 5.31. The molecule has 2 heteroatoms. The minimum atomic E-state index is 0.862. The molecule has 1 N–H and O–H groups in total. The van der Waals surface area contributed by atoms with Crippen molar-refractivity contribution in [2.24, 2.45) is 0 Å². The first kappa shape index (κ1) is 21.0. The molecule has 0 aliphatic rings. The number of rotatable bonds is 12. The third-order valence-corrected chi connectivity index (χ3v) is 3.85. The normalized spacial score (nSPS) is 10.0. The lowest BCUT2D eigenvalue weighted by Gasteiger charge is -2.07. The Balaban J connectivity index is 0.00000211. The summed E-state index contributed by atoms with van der Waals surface area (Å²) in [5.74, 6) is 1.02. The molecule has 1 aromatic rings. The minimum absolute atomic E-state index is 0.862. The van der Waals surface area contributed by atoms with Gasteiger partial charge in [0.2, 0.25) is 0 Å². The topological polar surface area (TPSA) is 29.5 Å². The Morgan fingerprint density at radius 1 is 0.727 bits per heavy atom. The summed E-state index contributed by atoms with van der Waals surface area (Å²) in [5.41, 5.74) is 1.38. The van der Waals surface area contributed by atoms with Crippen LogP contribution in [0, 0.1) is 0 Å². The van der Waals surface area contributed by atoms with Crippen molar-refractivity contribution in [2.45, 2.75) is 78.1 Å². The molecule has 1 rings (SSSR count). The van der Waals surface area contributed by atoms with Crippen molar-refractivity contribution in [1.82, 2.24) is 0 Å². The van der Waals surface area contributed by atoms with E-state index in [2.05, 4.69) is 38.1 Å². The first-order chi connectivity index (χ1) is 10.9. The highest BCUT2D eigenvalue weighted by atomic mass is 16.5. The molecule has 0 atom stereocenters. The Morgan fingerprint density at radius 2 is 1.23 bits per heavy atom. The Labute approximate surface area is 137 Å². The minimum Gasteiger partial charge on any atom is -0.494 e. The first-order valence-corrected chi connectivity index (χ1v) is 9.03. The van der Waals surface area contributed by atoms with Crippen LogP contribution in [0.25, 0.3) is 0 Å². The SMILES string of the molecule is CCCCCCCCCCCOc1ccc(CC)cc1.CO. The van der Waals surface area contributed by atoms with Gasteiger partial charge in [0.1, 0.15) is 5.75 Å². The van der Waals surface area contributed by atoms with Crippen molar-refractivity contribution >= 4 is 0 Å². The summed E-state index contributed by atoms with van der Waals surface area (Å²) in [5, 5.41) is 7.00. The monoisotopic (exact) mass is 308 g/mol. The van der Waals surface area contributed by atoms with E-state index in [1.165, 1.54) is 63.4 Å². The van der Waals surface area contributed by atoms with Crippen molar-refractivity contribution in [3.05, 3.63) is 29.8 Å². The van der Waals surface area contributed by atoms with Crippen LogP contribution in [0.2, 0.25) is 0 Å². The largest absolute Gasteiger partial charge is 0.494 e. The number of aliphatic hydroxyl groups excluding tert-OH is 1. The fourth-order valence-corrected chi connectivity index (χ4v) is 2.42. The predicted octanol–water partition coefficient (Wildman–Crippen LogP) is 5.77. The van der Waals surface area contributed by atoms with E-state index in [9.17, 15) is 0 Å². The number of benzene rings is 1. The Bertz CT molecular complexity index is 319. The van der Waals surface area contributed by atoms with Crippen LogP contribution in [-0.2, 0) is 6.42 Å². The van der Waals surface area contributed by atoms with Crippen LogP contribution >= 0.6 is 0 Å². The zero-order valence-corrected chi connectivity index (χ0v) is 14.9. The molecule has 0 amide bonds. The molecule has 0 fully saturated rings. The summed E-state index contributed by atoms with van der Waals surface area (Å²) < 4.78 is 5.77. The van der Waals surface area contributed by atoms with Crippen LogP contribution in [0.15, 0.2) is 24.3 Å². The van der Waals surface area contributed by atoms with Gasteiger partial charge in [-0.1, -0.05) is 77.3 Å². The van der Waals surface area contributed by atoms with Crippen LogP contribution in [0.4, 0.5) is 0 Å². The van der Waals surface area contributed by atoms with E-state index in [0.717, 1.165) is 25.9 Å². The maximum atomic E-state index is 7.00. The summed E-state index contributed by atoms with van der Waals surface area (Å²) in [6, 6.07) is 8.50. The fourth-order valence-electron chi connectivity index (χ4n) is 2.42. The average Bonchev–Trinajstić information content (AvgIpc) is 2.59. The van der Waals surface area contributed by atoms with Crippen molar-refractivity contribution in [1.29, 1.82) is 0 Å². The van der Waals surface area contributed by atoms with Gasteiger partial charge in [-0.3, -0.25) is 0 Å². The van der Waals surface area contributed by atoms with Gasteiger partial charge in [0.05, 0.1) is 6.61 Å².